The number of hydrogen-bond donors (Lipinski definition) is 3. The number of benzene rings is 2. The normalized spacial score (nSPS) is 10.5. The van der Waals surface area contributed by atoms with Crippen LogP contribution >= 0.6 is 12.2 Å². The van der Waals surface area contributed by atoms with Crippen molar-refractivity contribution >= 4 is 40.2 Å². The second-order valence-electron chi connectivity index (χ2n) is 5.09. The Morgan fingerprint density at radius 2 is 1.92 bits per heavy atom. The molecule has 3 aromatic rings. The first-order valence-electron chi connectivity index (χ1n) is 6.83. The largest absolute Gasteiger partial charge is 0.393 e. The van der Waals surface area contributed by atoms with Crippen molar-refractivity contribution in [1.82, 2.24) is 4.98 Å². The van der Waals surface area contributed by atoms with Gasteiger partial charge in [-0.3, -0.25) is 10.1 Å². The summed E-state index contributed by atoms with van der Waals surface area (Å²) in [7, 11) is 0. The molecule has 8 heteroatoms. The summed E-state index contributed by atoms with van der Waals surface area (Å²) in [5.41, 5.74) is 12.6. The molecule has 0 unspecified atom stereocenters. The molecule has 118 valence electrons. The Morgan fingerprint density at radius 1 is 1.25 bits per heavy atom. The summed E-state index contributed by atoms with van der Waals surface area (Å²) in [6.07, 6.45) is 0. The molecule has 0 spiro atoms. The van der Waals surface area contributed by atoms with Gasteiger partial charge in [0.05, 0.1) is 10.5 Å². The fourth-order valence-corrected chi connectivity index (χ4v) is 3.01. The first kappa shape index (κ1) is 15.5. The van der Waals surface area contributed by atoms with Crippen molar-refractivity contribution in [3.63, 3.8) is 0 Å². The van der Waals surface area contributed by atoms with Crippen LogP contribution in [0.3, 0.4) is 0 Å². The van der Waals surface area contributed by atoms with Crippen molar-refractivity contribution in [2.45, 2.75) is 0 Å². The first-order valence-corrected chi connectivity index (χ1v) is 7.24. The Labute approximate surface area is 141 Å². The molecule has 0 bridgehead atoms. The SMILES string of the molecule is N#Cc1c(N)[nH]c(=S)c2c(N)c([N+](=O)[O-])c(-c3ccccc3)cc12. The van der Waals surface area contributed by atoms with E-state index in [-0.39, 0.29) is 32.8 Å². The number of hydrogen-bond acceptors (Lipinski definition) is 6. The maximum absolute atomic E-state index is 11.6. The lowest BCUT2D eigenvalue weighted by Crippen LogP contribution is -2.03. The summed E-state index contributed by atoms with van der Waals surface area (Å²) in [6.45, 7) is 0. The number of nitro benzene ring substituents is 1. The van der Waals surface area contributed by atoms with Crippen molar-refractivity contribution in [2.24, 2.45) is 0 Å². The topological polar surface area (TPSA) is 135 Å². The molecule has 0 saturated carbocycles. The highest BCUT2D eigenvalue weighted by Crippen LogP contribution is 2.41. The maximum atomic E-state index is 11.6. The predicted octanol–water partition coefficient (Wildman–Crippen LogP) is 3.51. The lowest BCUT2D eigenvalue weighted by molar-refractivity contribution is -0.383. The number of anilines is 2. The molecule has 0 aliphatic carbocycles. The summed E-state index contributed by atoms with van der Waals surface area (Å²) >= 11 is 5.19. The number of nitriles is 1. The van der Waals surface area contributed by atoms with Gasteiger partial charge in [0.1, 0.15) is 27.8 Å². The van der Waals surface area contributed by atoms with Crippen molar-refractivity contribution in [3.05, 3.63) is 56.7 Å². The minimum absolute atomic E-state index is 0.0888. The zero-order valence-corrected chi connectivity index (χ0v) is 13.1. The molecule has 0 fully saturated rings. The van der Waals surface area contributed by atoms with E-state index in [0.29, 0.717) is 16.5 Å². The second-order valence-corrected chi connectivity index (χ2v) is 5.49. The van der Waals surface area contributed by atoms with Gasteiger partial charge in [-0.25, -0.2) is 0 Å². The molecule has 0 aliphatic rings. The average Bonchev–Trinajstić information content (AvgIpc) is 2.54. The van der Waals surface area contributed by atoms with Gasteiger partial charge in [0.2, 0.25) is 0 Å². The van der Waals surface area contributed by atoms with E-state index in [2.05, 4.69) is 4.98 Å². The lowest BCUT2D eigenvalue weighted by atomic mass is 9.96. The van der Waals surface area contributed by atoms with Crippen LogP contribution in [0.2, 0.25) is 0 Å². The van der Waals surface area contributed by atoms with Crippen molar-refractivity contribution in [2.75, 3.05) is 11.5 Å². The van der Waals surface area contributed by atoms with Gasteiger partial charge >= 0.3 is 5.69 Å². The number of nitrogens with two attached hydrogens (primary N) is 2. The Kier molecular flexibility index (Phi) is 3.63. The molecule has 5 N–H and O–H groups in total. The van der Waals surface area contributed by atoms with Gasteiger partial charge in [-0.2, -0.15) is 5.26 Å². The minimum atomic E-state index is -0.547. The van der Waals surface area contributed by atoms with Crippen LogP contribution in [0.25, 0.3) is 21.9 Å². The molecule has 24 heavy (non-hydrogen) atoms. The molecular formula is C16H11N5O2S. The molecule has 0 saturated heterocycles. The van der Waals surface area contributed by atoms with Gasteiger partial charge in [0, 0.05) is 10.8 Å². The quantitative estimate of drug-likeness (QED) is 0.283. The fourth-order valence-electron chi connectivity index (χ4n) is 2.68. The molecule has 0 radical (unpaired) electrons. The van der Waals surface area contributed by atoms with Gasteiger partial charge in [-0.15, -0.1) is 0 Å². The van der Waals surface area contributed by atoms with Gasteiger partial charge in [-0.1, -0.05) is 42.5 Å². The Balaban J connectivity index is 2.58. The summed E-state index contributed by atoms with van der Waals surface area (Å²) in [5, 5.41) is 21.6. The van der Waals surface area contributed by atoms with E-state index >= 15 is 0 Å². The van der Waals surface area contributed by atoms with E-state index < -0.39 is 4.92 Å². The highest BCUT2D eigenvalue weighted by molar-refractivity contribution is 7.71. The van der Waals surface area contributed by atoms with Gasteiger partial charge in [0.25, 0.3) is 0 Å². The van der Waals surface area contributed by atoms with Crippen LogP contribution in [0.15, 0.2) is 36.4 Å². The number of rotatable bonds is 2. The highest BCUT2D eigenvalue weighted by Gasteiger charge is 2.25. The van der Waals surface area contributed by atoms with Crippen LogP contribution in [0, 0.1) is 26.1 Å². The smallest absolute Gasteiger partial charge is 0.300 e. The molecule has 2 aromatic carbocycles. The lowest BCUT2D eigenvalue weighted by Gasteiger charge is -2.11. The van der Waals surface area contributed by atoms with Crippen molar-refractivity contribution in [3.8, 4) is 17.2 Å². The zero-order valence-electron chi connectivity index (χ0n) is 12.2. The molecule has 1 heterocycles. The number of H-pyrrole nitrogens is 1. The van der Waals surface area contributed by atoms with E-state index in [1.165, 1.54) is 6.07 Å². The summed E-state index contributed by atoms with van der Waals surface area (Å²) < 4.78 is 0.154. The zero-order chi connectivity index (χ0) is 17.4. The standard InChI is InChI=1S/C16H11N5O2S/c17-7-11-10-6-9(8-4-2-1-3-5-8)14(21(22)23)13(18)12(10)16(24)20-15(11)19/h1-6H,18H2,(H3,19,20,24). The van der Waals surface area contributed by atoms with Crippen LogP contribution in [0.4, 0.5) is 17.2 Å². The van der Waals surface area contributed by atoms with Crippen molar-refractivity contribution < 1.29 is 4.92 Å². The summed E-state index contributed by atoms with van der Waals surface area (Å²) in [6, 6.07) is 12.3. The van der Waals surface area contributed by atoms with Crippen LogP contribution in [0.5, 0.6) is 0 Å². The minimum Gasteiger partial charge on any atom is -0.393 e. The number of fused-ring (bicyclic) bond motifs is 1. The van der Waals surface area contributed by atoms with Crippen LogP contribution in [-0.2, 0) is 0 Å². The van der Waals surface area contributed by atoms with E-state index in [0.717, 1.165) is 0 Å². The third-order valence-electron chi connectivity index (χ3n) is 3.73. The number of nitrogens with one attached hydrogen (secondary N) is 1. The van der Waals surface area contributed by atoms with Crippen LogP contribution in [0.1, 0.15) is 5.56 Å². The monoisotopic (exact) mass is 337 g/mol. The van der Waals surface area contributed by atoms with E-state index in [4.69, 9.17) is 23.7 Å². The Bertz CT molecular complexity index is 1080. The van der Waals surface area contributed by atoms with Crippen LogP contribution in [-0.4, -0.2) is 9.91 Å². The summed E-state index contributed by atoms with van der Waals surface area (Å²) in [4.78, 5) is 13.7. The first-order chi connectivity index (χ1) is 11.5. The van der Waals surface area contributed by atoms with Gasteiger partial charge in [-0.05, 0) is 11.6 Å². The second kappa shape index (κ2) is 5.64. The molecule has 7 nitrogen and oxygen atoms in total. The average molecular weight is 337 g/mol. The number of pyridine rings is 1. The number of nitrogen functional groups attached to an aromatic ring is 2. The predicted molar refractivity (Wildman–Crippen MR) is 94.8 cm³/mol. The van der Waals surface area contributed by atoms with E-state index in [1.807, 2.05) is 6.07 Å². The number of nitrogens with zero attached hydrogens (tertiary/aromatic N) is 2. The third kappa shape index (κ3) is 2.24. The van der Waals surface area contributed by atoms with Crippen molar-refractivity contribution in [1.29, 1.82) is 5.26 Å². The fraction of sp³-hybridized carbons (Fsp3) is 0. The Hall–Kier alpha value is -3.44. The molecule has 3 rings (SSSR count). The highest BCUT2D eigenvalue weighted by atomic mass is 32.1. The third-order valence-corrected chi connectivity index (χ3v) is 4.04. The molecule has 0 atom stereocenters. The number of aromatic nitrogens is 1. The van der Waals surface area contributed by atoms with Gasteiger partial charge in [0.15, 0.2) is 0 Å². The molecular weight excluding hydrogens is 326 g/mol. The van der Waals surface area contributed by atoms with E-state index in [1.54, 1.807) is 30.3 Å². The molecule has 0 amide bonds. The Morgan fingerprint density at radius 3 is 2.50 bits per heavy atom. The maximum Gasteiger partial charge on any atom is 0.300 e. The summed E-state index contributed by atoms with van der Waals surface area (Å²) in [5.74, 6) is 0.0993. The van der Waals surface area contributed by atoms with E-state index in [9.17, 15) is 15.4 Å². The number of nitro groups is 1. The van der Waals surface area contributed by atoms with Gasteiger partial charge < -0.3 is 16.5 Å². The molecule has 1 aromatic heterocycles. The number of aromatic amines is 1. The molecule has 0 aliphatic heterocycles. The van der Waals surface area contributed by atoms with Crippen LogP contribution < -0.4 is 11.5 Å².